The van der Waals surface area contributed by atoms with Gasteiger partial charge in [-0.1, -0.05) is 12.1 Å². The largest absolute Gasteiger partial charge is 0.493 e. The van der Waals surface area contributed by atoms with Gasteiger partial charge in [0.2, 0.25) is 0 Å². The molecule has 3 heteroatoms. The Morgan fingerprint density at radius 1 is 1.50 bits per heavy atom. The van der Waals surface area contributed by atoms with Crippen LogP contribution >= 0.6 is 0 Å². The van der Waals surface area contributed by atoms with Gasteiger partial charge < -0.3 is 15.2 Å². The zero-order chi connectivity index (χ0) is 12.8. The van der Waals surface area contributed by atoms with Crippen molar-refractivity contribution in [3.05, 3.63) is 29.8 Å². The molecule has 1 aliphatic rings. The molecule has 1 aromatic carbocycles. The van der Waals surface area contributed by atoms with Gasteiger partial charge in [-0.3, -0.25) is 0 Å². The first-order valence-corrected chi connectivity index (χ1v) is 6.84. The highest BCUT2D eigenvalue weighted by molar-refractivity contribution is 5.27. The third-order valence-electron chi connectivity index (χ3n) is 3.55. The highest BCUT2D eigenvalue weighted by Gasteiger charge is 2.21. The Morgan fingerprint density at radius 3 is 3.11 bits per heavy atom. The maximum absolute atomic E-state index is 10.1. The summed E-state index contributed by atoms with van der Waals surface area (Å²) in [5, 5.41) is 13.4. The second kappa shape index (κ2) is 6.76. The lowest BCUT2D eigenvalue weighted by Gasteiger charge is -2.27. The van der Waals surface area contributed by atoms with Crippen LogP contribution in [0.25, 0.3) is 0 Å². The fourth-order valence-electron chi connectivity index (χ4n) is 2.45. The highest BCUT2D eigenvalue weighted by Crippen LogP contribution is 2.18. The second-order valence-corrected chi connectivity index (χ2v) is 5.13. The van der Waals surface area contributed by atoms with Gasteiger partial charge in [0.15, 0.2) is 0 Å². The molecule has 2 atom stereocenters. The van der Waals surface area contributed by atoms with Gasteiger partial charge in [-0.05, 0) is 49.9 Å². The summed E-state index contributed by atoms with van der Waals surface area (Å²) in [6, 6.07) is 8.03. The molecule has 2 N–H and O–H groups in total. The minimum Gasteiger partial charge on any atom is -0.493 e. The fourth-order valence-corrected chi connectivity index (χ4v) is 2.45. The normalized spacial score (nSPS) is 21.6. The van der Waals surface area contributed by atoms with Crippen molar-refractivity contribution in [3.8, 4) is 5.75 Å². The molecule has 0 bridgehead atoms. The van der Waals surface area contributed by atoms with Gasteiger partial charge in [0, 0.05) is 13.0 Å². The first-order valence-electron chi connectivity index (χ1n) is 6.84. The topological polar surface area (TPSA) is 41.5 Å². The Bertz CT molecular complexity index is 361. The van der Waals surface area contributed by atoms with E-state index in [0.717, 1.165) is 25.3 Å². The second-order valence-electron chi connectivity index (χ2n) is 5.13. The number of piperidine rings is 1. The van der Waals surface area contributed by atoms with Gasteiger partial charge in [0.05, 0.1) is 12.7 Å². The van der Waals surface area contributed by atoms with Crippen molar-refractivity contribution in [1.29, 1.82) is 0 Å². The number of aryl methyl sites for hydroxylation is 1. The number of hydrogen-bond acceptors (Lipinski definition) is 3. The molecule has 1 heterocycles. The molecule has 0 aromatic heterocycles. The van der Waals surface area contributed by atoms with E-state index in [1.807, 2.05) is 18.2 Å². The van der Waals surface area contributed by atoms with Crippen LogP contribution in [0.2, 0.25) is 0 Å². The third kappa shape index (κ3) is 4.00. The molecule has 0 radical (unpaired) electrons. The van der Waals surface area contributed by atoms with Gasteiger partial charge in [0.25, 0.3) is 0 Å². The summed E-state index contributed by atoms with van der Waals surface area (Å²) in [5.41, 5.74) is 1.20. The van der Waals surface area contributed by atoms with Gasteiger partial charge >= 0.3 is 0 Å². The summed E-state index contributed by atoms with van der Waals surface area (Å²) in [6.45, 7) is 4.66. The summed E-state index contributed by atoms with van der Waals surface area (Å²) >= 11 is 0. The Hall–Kier alpha value is -1.06. The van der Waals surface area contributed by atoms with Crippen LogP contribution in [0.3, 0.4) is 0 Å². The van der Waals surface area contributed by atoms with Gasteiger partial charge in [0.1, 0.15) is 5.75 Å². The van der Waals surface area contributed by atoms with Crippen molar-refractivity contribution >= 4 is 0 Å². The predicted octanol–water partition coefficient (Wildman–Crippen LogP) is 2.12. The molecule has 0 spiro atoms. The zero-order valence-electron chi connectivity index (χ0n) is 11.1. The van der Waals surface area contributed by atoms with Crippen molar-refractivity contribution in [2.75, 3.05) is 19.7 Å². The summed E-state index contributed by atoms with van der Waals surface area (Å²) in [6.07, 6.45) is 2.75. The molecule has 18 heavy (non-hydrogen) atoms. The van der Waals surface area contributed by atoms with E-state index in [2.05, 4.69) is 18.3 Å². The monoisotopic (exact) mass is 249 g/mol. The van der Waals surface area contributed by atoms with E-state index in [1.165, 1.54) is 12.0 Å². The third-order valence-corrected chi connectivity index (χ3v) is 3.55. The van der Waals surface area contributed by atoms with Crippen LogP contribution in [0.5, 0.6) is 5.75 Å². The molecule has 1 fully saturated rings. The minimum atomic E-state index is -0.248. The van der Waals surface area contributed by atoms with Crippen LogP contribution < -0.4 is 10.1 Å². The number of nitrogens with one attached hydrogen (secondary N) is 1. The molecular weight excluding hydrogens is 226 g/mol. The van der Waals surface area contributed by atoms with Gasteiger partial charge in [-0.25, -0.2) is 0 Å². The minimum absolute atomic E-state index is 0.248. The molecule has 2 rings (SSSR count). The molecule has 100 valence electrons. The standard InChI is InChI=1S/C15H23NO2/c1-12-4-2-6-14(10-12)18-9-7-15(17)13-5-3-8-16-11-13/h2,4,6,10,13,15-17H,3,5,7-9,11H2,1H3. The summed E-state index contributed by atoms with van der Waals surface area (Å²) < 4.78 is 5.67. The summed E-state index contributed by atoms with van der Waals surface area (Å²) in [4.78, 5) is 0. The highest BCUT2D eigenvalue weighted by atomic mass is 16.5. The van der Waals surface area contributed by atoms with Crippen LogP contribution in [0.15, 0.2) is 24.3 Å². The molecule has 0 saturated carbocycles. The van der Waals surface area contributed by atoms with Crippen molar-refractivity contribution in [2.45, 2.75) is 32.3 Å². The van der Waals surface area contributed by atoms with E-state index >= 15 is 0 Å². The average molecular weight is 249 g/mol. The molecule has 2 unspecified atom stereocenters. The lowest BCUT2D eigenvalue weighted by Crippen LogP contribution is -2.37. The van der Waals surface area contributed by atoms with Crippen LogP contribution in [-0.4, -0.2) is 30.9 Å². The molecule has 0 amide bonds. The van der Waals surface area contributed by atoms with Crippen LogP contribution in [-0.2, 0) is 0 Å². The smallest absolute Gasteiger partial charge is 0.119 e. The van der Waals surface area contributed by atoms with Crippen LogP contribution in [0, 0.1) is 12.8 Å². The fraction of sp³-hybridized carbons (Fsp3) is 0.600. The SMILES string of the molecule is Cc1cccc(OCCC(O)C2CCCNC2)c1. The van der Waals surface area contributed by atoms with Gasteiger partial charge in [-0.15, -0.1) is 0 Å². The first kappa shape index (κ1) is 13.4. The van der Waals surface area contributed by atoms with Crippen molar-refractivity contribution in [2.24, 2.45) is 5.92 Å². The quantitative estimate of drug-likeness (QED) is 0.840. The number of rotatable bonds is 5. The zero-order valence-corrected chi connectivity index (χ0v) is 11.1. The van der Waals surface area contributed by atoms with E-state index in [-0.39, 0.29) is 6.10 Å². The average Bonchev–Trinajstić information content (AvgIpc) is 2.40. The van der Waals surface area contributed by atoms with Gasteiger partial charge in [-0.2, -0.15) is 0 Å². The molecule has 0 aliphatic carbocycles. The predicted molar refractivity (Wildman–Crippen MR) is 72.9 cm³/mol. The maximum Gasteiger partial charge on any atom is 0.119 e. The lowest BCUT2D eigenvalue weighted by atomic mass is 9.92. The Kier molecular flexibility index (Phi) is 5.02. The number of aliphatic hydroxyl groups is 1. The summed E-state index contributed by atoms with van der Waals surface area (Å²) in [5.74, 6) is 1.28. The number of aliphatic hydroxyl groups excluding tert-OH is 1. The molecule has 1 aromatic rings. The van der Waals surface area contributed by atoms with Crippen LogP contribution in [0.4, 0.5) is 0 Å². The Labute approximate surface area is 109 Å². The van der Waals surface area contributed by atoms with E-state index in [4.69, 9.17) is 4.74 Å². The number of benzene rings is 1. The first-order chi connectivity index (χ1) is 8.75. The number of ether oxygens (including phenoxy) is 1. The molecule has 1 saturated heterocycles. The lowest BCUT2D eigenvalue weighted by molar-refractivity contribution is 0.0702. The summed E-state index contributed by atoms with van der Waals surface area (Å²) in [7, 11) is 0. The van der Waals surface area contributed by atoms with E-state index in [9.17, 15) is 5.11 Å². The maximum atomic E-state index is 10.1. The molecule has 3 nitrogen and oxygen atoms in total. The number of hydrogen-bond donors (Lipinski definition) is 2. The van der Waals surface area contributed by atoms with Crippen molar-refractivity contribution in [3.63, 3.8) is 0 Å². The Balaban J connectivity index is 1.71. The van der Waals surface area contributed by atoms with E-state index < -0.39 is 0 Å². The van der Waals surface area contributed by atoms with Crippen molar-refractivity contribution < 1.29 is 9.84 Å². The Morgan fingerprint density at radius 2 is 2.39 bits per heavy atom. The molecular formula is C15H23NO2. The van der Waals surface area contributed by atoms with E-state index in [1.54, 1.807) is 0 Å². The van der Waals surface area contributed by atoms with Crippen LogP contribution in [0.1, 0.15) is 24.8 Å². The van der Waals surface area contributed by atoms with E-state index in [0.29, 0.717) is 18.9 Å². The molecule has 1 aliphatic heterocycles. The van der Waals surface area contributed by atoms with Crippen molar-refractivity contribution in [1.82, 2.24) is 5.32 Å².